The quantitative estimate of drug-likeness (QED) is 0.150. The second-order valence-corrected chi connectivity index (χ2v) is 16.2. The molecular formula is C60H35N7. The zero-order valence-corrected chi connectivity index (χ0v) is 35.8. The van der Waals surface area contributed by atoms with Crippen LogP contribution in [0.2, 0.25) is 0 Å². The number of hydrogen-bond acceptors (Lipinski definition) is 6. The first-order chi connectivity index (χ1) is 33.1. The smallest absolute Gasteiger partial charge is 0.160 e. The molecule has 11 aromatic rings. The molecule has 8 aromatic carbocycles. The van der Waals surface area contributed by atoms with Gasteiger partial charge in [-0.15, -0.1) is 0 Å². The predicted octanol–water partition coefficient (Wildman–Crippen LogP) is 14.3. The third kappa shape index (κ3) is 7.43. The fourth-order valence-corrected chi connectivity index (χ4v) is 8.95. The first kappa shape index (κ1) is 40.1. The zero-order chi connectivity index (χ0) is 45.3. The molecule has 7 nitrogen and oxygen atoms in total. The average Bonchev–Trinajstić information content (AvgIpc) is 3.74. The highest BCUT2D eigenvalue weighted by Crippen LogP contribution is 2.45. The van der Waals surface area contributed by atoms with Crippen molar-refractivity contribution in [2.75, 3.05) is 0 Å². The number of rotatable bonds is 8. The first-order valence-electron chi connectivity index (χ1n) is 21.8. The molecule has 310 valence electrons. The van der Waals surface area contributed by atoms with Crippen molar-refractivity contribution in [3.63, 3.8) is 0 Å². The van der Waals surface area contributed by atoms with Crippen molar-refractivity contribution in [3.05, 3.63) is 229 Å². The van der Waals surface area contributed by atoms with Crippen molar-refractivity contribution in [1.82, 2.24) is 19.5 Å². The molecule has 0 saturated heterocycles. The molecule has 0 atom stereocenters. The molecule has 0 spiro atoms. The highest BCUT2D eigenvalue weighted by atomic mass is 15.0. The maximum Gasteiger partial charge on any atom is 0.160 e. The van der Waals surface area contributed by atoms with Crippen LogP contribution in [-0.2, 0) is 0 Å². The number of aromatic nitrogens is 4. The summed E-state index contributed by atoms with van der Waals surface area (Å²) in [5.74, 6) is 0.552. The van der Waals surface area contributed by atoms with Crippen LogP contribution in [0.5, 0.6) is 0 Å². The van der Waals surface area contributed by atoms with E-state index in [0.29, 0.717) is 28.2 Å². The Balaban J connectivity index is 1.27. The van der Waals surface area contributed by atoms with Crippen molar-refractivity contribution in [1.29, 1.82) is 15.8 Å². The van der Waals surface area contributed by atoms with Gasteiger partial charge < -0.3 is 4.57 Å². The molecule has 3 aromatic heterocycles. The lowest BCUT2D eigenvalue weighted by Gasteiger charge is -2.21. The molecule has 0 bridgehead atoms. The second kappa shape index (κ2) is 17.1. The van der Waals surface area contributed by atoms with E-state index in [1.54, 1.807) is 12.1 Å². The normalized spacial score (nSPS) is 10.9. The van der Waals surface area contributed by atoms with Gasteiger partial charge in [-0.1, -0.05) is 152 Å². The van der Waals surface area contributed by atoms with Gasteiger partial charge in [0, 0.05) is 44.2 Å². The Labute approximate surface area is 387 Å². The Hall–Kier alpha value is -9.74. The molecule has 3 heterocycles. The molecule has 7 heteroatoms. The summed E-state index contributed by atoms with van der Waals surface area (Å²) < 4.78 is 2.28. The molecule has 0 aliphatic heterocycles. The van der Waals surface area contributed by atoms with Crippen molar-refractivity contribution < 1.29 is 0 Å². The summed E-state index contributed by atoms with van der Waals surface area (Å²) in [6.07, 6.45) is 0. The van der Waals surface area contributed by atoms with Gasteiger partial charge in [0.25, 0.3) is 0 Å². The van der Waals surface area contributed by atoms with Crippen LogP contribution in [-0.4, -0.2) is 19.5 Å². The highest BCUT2D eigenvalue weighted by molar-refractivity contribution is 6.12. The monoisotopic (exact) mass is 853 g/mol. The maximum absolute atomic E-state index is 10.9. The van der Waals surface area contributed by atoms with Gasteiger partial charge in [0.1, 0.15) is 0 Å². The van der Waals surface area contributed by atoms with Crippen LogP contribution in [0.1, 0.15) is 16.7 Å². The molecule has 0 unspecified atom stereocenters. The number of hydrogen-bond donors (Lipinski definition) is 0. The summed E-state index contributed by atoms with van der Waals surface area (Å²) in [6, 6.07) is 77.2. The van der Waals surface area contributed by atoms with Crippen molar-refractivity contribution in [3.8, 4) is 103 Å². The van der Waals surface area contributed by atoms with Gasteiger partial charge in [-0.2, -0.15) is 15.8 Å². The molecule has 67 heavy (non-hydrogen) atoms. The SMILES string of the molecule is N#Cc1ccc(-c2ccc3c(c2)c2ccccc2n3-c2c(-c3cc(-c4ccccc4)nc(-c4ccccc4)c3)cc(C#N)cc2-c2cc(-c3ccccc3)nc(-c3ccccc3)n2)c(C#N)c1. The van der Waals surface area contributed by atoms with Gasteiger partial charge in [-0.3, -0.25) is 0 Å². The summed E-state index contributed by atoms with van der Waals surface area (Å²) in [4.78, 5) is 15.7. The third-order valence-electron chi connectivity index (χ3n) is 12.1. The Morgan fingerprint density at radius 3 is 1.48 bits per heavy atom. The lowest BCUT2D eigenvalue weighted by molar-refractivity contribution is 1.15. The Morgan fingerprint density at radius 1 is 0.328 bits per heavy atom. The van der Waals surface area contributed by atoms with Crippen LogP contribution in [0.15, 0.2) is 212 Å². The van der Waals surface area contributed by atoms with Crippen LogP contribution in [0.25, 0.3) is 106 Å². The van der Waals surface area contributed by atoms with Crippen LogP contribution >= 0.6 is 0 Å². The van der Waals surface area contributed by atoms with E-state index in [9.17, 15) is 15.8 Å². The molecule has 0 N–H and O–H groups in total. The molecule has 0 aliphatic carbocycles. The van der Waals surface area contributed by atoms with E-state index in [4.69, 9.17) is 15.0 Å². The molecule has 0 fully saturated rings. The van der Waals surface area contributed by atoms with E-state index < -0.39 is 0 Å². The van der Waals surface area contributed by atoms with Crippen molar-refractivity contribution in [2.24, 2.45) is 0 Å². The number of nitriles is 3. The second-order valence-electron chi connectivity index (χ2n) is 16.2. The summed E-state index contributed by atoms with van der Waals surface area (Å²) in [7, 11) is 0. The Bertz CT molecular complexity index is 3560. The lowest BCUT2D eigenvalue weighted by atomic mass is 9.92. The largest absolute Gasteiger partial charge is 0.308 e. The average molecular weight is 854 g/mol. The number of benzene rings is 8. The third-order valence-corrected chi connectivity index (χ3v) is 12.1. The summed E-state index contributed by atoms with van der Waals surface area (Å²) in [5, 5.41) is 32.8. The van der Waals surface area contributed by atoms with E-state index in [0.717, 1.165) is 94.6 Å². The van der Waals surface area contributed by atoms with Crippen LogP contribution in [0.4, 0.5) is 0 Å². The maximum atomic E-state index is 10.9. The topological polar surface area (TPSA) is 115 Å². The molecule has 0 radical (unpaired) electrons. The molecule has 0 amide bonds. The van der Waals surface area contributed by atoms with Gasteiger partial charge in [0.2, 0.25) is 0 Å². The summed E-state index contributed by atoms with van der Waals surface area (Å²) in [5.41, 5.74) is 14.6. The molecular weight excluding hydrogens is 819 g/mol. The van der Waals surface area contributed by atoms with Crippen LogP contribution < -0.4 is 0 Å². The Morgan fingerprint density at radius 2 is 0.866 bits per heavy atom. The van der Waals surface area contributed by atoms with E-state index in [-0.39, 0.29) is 0 Å². The van der Waals surface area contributed by atoms with Gasteiger partial charge in [-0.25, -0.2) is 15.0 Å². The fraction of sp³-hybridized carbons (Fsp3) is 0. The van der Waals surface area contributed by atoms with Gasteiger partial charge >= 0.3 is 0 Å². The van der Waals surface area contributed by atoms with E-state index in [1.165, 1.54) is 0 Å². The number of nitrogens with zero attached hydrogens (tertiary/aromatic N) is 7. The van der Waals surface area contributed by atoms with Gasteiger partial charge in [0.15, 0.2) is 5.82 Å². The standard InChI is InChI=1S/C60H35N7/c61-36-39-25-27-48(47(29-39)38-63)45-26-28-58-51(32-45)49-23-13-14-24-57(49)67(58)59-50(46-33-53(41-15-5-1-6-16-41)64-54(34-46)42-17-7-2-8-18-42)30-40(37-62)31-52(59)56-35-55(43-19-9-3-10-20-43)65-60(66-56)44-21-11-4-12-22-44/h1-35H. The van der Waals surface area contributed by atoms with Gasteiger partial charge in [0.05, 0.1) is 74.4 Å². The number of pyridine rings is 1. The minimum atomic E-state index is 0.423. The van der Waals surface area contributed by atoms with Gasteiger partial charge in [-0.05, 0) is 77.4 Å². The van der Waals surface area contributed by atoms with Crippen LogP contribution in [0.3, 0.4) is 0 Å². The highest BCUT2D eigenvalue weighted by Gasteiger charge is 2.25. The summed E-state index contributed by atoms with van der Waals surface area (Å²) >= 11 is 0. The Kier molecular flexibility index (Phi) is 10.2. The van der Waals surface area contributed by atoms with Crippen molar-refractivity contribution in [2.45, 2.75) is 0 Å². The first-order valence-corrected chi connectivity index (χ1v) is 21.8. The minimum Gasteiger partial charge on any atom is -0.308 e. The molecule has 0 aliphatic rings. The van der Waals surface area contributed by atoms with E-state index in [1.807, 2.05) is 140 Å². The number of para-hydroxylation sites is 1. The van der Waals surface area contributed by atoms with E-state index in [2.05, 4.69) is 83.4 Å². The van der Waals surface area contributed by atoms with Crippen molar-refractivity contribution >= 4 is 21.8 Å². The van der Waals surface area contributed by atoms with Crippen LogP contribution in [0, 0.1) is 34.0 Å². The lowest BCUT2D eigenvalue weighted by Crippen LogP contribution is -2.04. The summed E-state index contributed by atoms with van der Waals surface area (Å²) in [6.45, 7) is 0. The molecule has 11 rings (SSSR count). The molecule has 0 saturated carbocycles. The zero-order valence-electron chi connectivity index (χ0n) is 35.8. The predicted molar refractivity (Wildman–Crippen MR) is 266 cm³/mol. The minimum absolute atomic E-state index is 0.423. The number of fused-ring (bicyclic) bond motifs is 3. The van der Waals surface area contributed by atoms with E-state index >= 15 is 0 Å². The fourth-order valence-electron chi connectivity index (χ4n) is 8.95.